The molecule has 0 radical (unpaired) electrons. The van der Waals surface area contributed by atoms with Crippen LogP contribution in [0.1, 0.15) is 29.9 Å². The van der Waals surface area contributed by atoms with E-state index in [1.807, 2.05) is 74.2 Å². The molecule has 1 saturated heterocycles. The number of morpholine rings is 1. The van der Waals surface area contributed by atoms with Crippen LogP contribution in [-0.2, 0) is 4.74 Å². The molecule has 30 heavy (non-hydrogen) atoms. The van der Waals surface area contributed by atoms with Gasteiger partial charge < -0.3 is 18.9 Å². The van der Waals surface area contributed by atoms with Gasteiger partial charge in [-0.25, -0.2) is 0 Å². The topological polar surface area (TPSA) is 43.7 Å². The first-order chi connectivity index (χ1) is 14.5. The van der Waals surface area contributed by atoms with Crippen molar-refractivity contribution in [1.29, 1.82) is 0 Å². The van der Waals surface area contributed by atoms with Crippen LogP contribution in [0, 0.1) is 6.92 Å². The Bertz CT molecular complexity index is 1030. The molecule has 0 saturated carbocycles. The third-order valence-electron chi connectivity index (χ3n) is 5.58. The van der Waals surface area contributed by atoms with Crippen molar-refractivity contribution in [2.75, 3.05) is 20.2 Å². The fraction of sp³-hybridized carbons (Fsp3) is 0.320. The first-order valence-electron chi connectivity index (χ1n) is 10.4. The average molecular weight is 405 g/mol. The summed E-state index contributed by atoms with van der Waals surface area (Å²) in [6.07, 6.45) is 0.0609. The molecule has 0 unspecified atom stereocenters. The quantitative estimate of drug-likeness (QED) is 0.632. The van der Waals surface area contributed by atoms with Crippen molar-refractivity contribution in [3.63, 3.8) is 0 Å². The van der Waals surface area contributed by atoms with Crippen LogP contribution in [0.2, 0.25) is 0 Å². The second kappa shape index (κ2) is 8.36. The summed E-state index contributed by atoms with van der Waals surface area (Å²) in [6, 6.07) is 20.0. The fourth-order valence-electron chi connectivity index (χ4n) is 4.28. The molecule has 3 aromatic rings. The predicted molar refractivity (Wildman–Crippen MR) is 118 cm³/mol. The van der Waals surface area contributed by atoms with Gasteiger partial charge in [0.2, 0.25) is 0 Å². The highest BCUT2D eigenvalue weighted by atomic mass is 16.5. The monoisotopic (exact) mass is 404 g/mol. The maximum absolute atomic E-state index is 13.5. The molecule has 2 atom stereocenters. The normalized spacial score (nSPS) is 19.0. The average Bonchev–Trinajstić information content (AvgIpc) is 3.10. The van der Waals surface area contributed by atoms with Gasteiger partial charge in [0.15, 0.2) is 0 Å². The zero-order chi connectivity index (χ0) is 21.3. The fourth-order valence-corrected chi connectivity index (χ4v) is 4.28. The third kappa shape index (κ3) is 3.73. The number of carbonyl (C=O) groups is 1. The van der Waals surface area contributed by atoms with E-state index in [2.05, 4.69) is 16.7 Å². The number of nitrogens with zero attached hydrogens (tertiary/aromatic N) is 2. The summed E-state index contributed by atoms with van der Waals surface area (Å²) >= 11 is 0. The highest BCUT2D eigenvalue weighted by molar-refractivity contribution is 5.97. The van der Waals surface area contributed by atoms with E-state index in [1.165, 1.54) is 0 Å². The van der Waals surface area contributed by atoms with Crippen LogP contribution in [0.25, 0.3) is 16.9 Å². The number of methoxy groups -OCH3 is 1. The van der Waals surface area contributed by atoms with Crippen molar-refractivity contribution in [2.45, 2.75) is 33.0 Å². The minimum absolute atomic E-state index is 0.0305. The summed E-state index contributed by atoms with van der Waals surface area (Å²) in [4.78, 5) is 15.4. The number of amides is 1. The maximum atomic E-state index is 13.5. The second-order valence-corrected chi connectivity index (χ2v) is 7.87. The van der Waals surface area contributed by atoms with Gasteiger partial charge in [-0.3, -0.25) is 4.79 Å². The lowest BCUT2D eigenvalue weighted by atomic mass is 10.1. The van der Waals surface area contributed by atoms with Crippen molar-refractivity contribution < 1.29 is 14.3 Å². The molecule has 1 fully saturated rings. The zero-order valence-electron chi connectivity index (χ0n) is 18.0. The minimum atomic E-state index is 0.0305. The van der Waals surface area contributed by atoms with Crippen molar-refractivity contribution in [3.8, 4) is 22.7 Å². The molecule has 2 aromatic carbocycles. The highest BCUT2D eigenvalue weighted by Crippen LogP contribution is 2.34. The van der Waals surface area contributed by atoms with Crippen LogP contribution < -0.4 is 4.74 Å². The molecule has 4 rings (SSSR count). The van der Waals surface area contributed by atoms with E-state index in [4.69, 9.17) is 9.47 Å². The Morgan fingerprint density at radius 2 is 1.63 bits per heavy atom. The van der Waals surface area contributed by atoms with Gasteiger partial charge >= 0.3 is 0 Å². The van der Waals surface area contributed by atoms with Gasteiger partial charge in [0.05, 0.1) is 36.3 Å². The lowest BCUT2D eigenvalue weighted by Crippen LogP contribution is -2.48. The largest absolute Gasteiger partial charge is 0.495 e. The van der Waals surface area contributed by atoms with Crippen molar-refractivity contribution in [2.24, 2.45) is 0 Å². The van der Waals surface area contributed by atoms with Crippen LogP contribution in [0.4, 0.5) is 0 Å². The van der Waals surface area contributed by atoms with Gasteiger partial charge in [-0.2, -0.15) is 0 Å². The van der Waals surface area contributed by atoms with Gasteiger partial charge in [0.25, 0.3) is 5.91 Å². The van der Waals surface area contributed by atoms with Gasteiger partial charge in [0, 0.05) is 18.8 Å². The standard InChI is InChI=1S/C25H28N2O3/c1-17-15-26(16-18(2)30-17)25(28)21-14-23(20-10-6-5-7-11-20)27(19(21)3)22-12-8-9-13-24(22)29-4/h5-14,17-18H,15-16H2,1-4H3/t17-,18-/m0/s1. The maximum Gasteiger partial charge on any atom is 0.255 e. The summed E-state index contributed by atoms with van der Waals surface area (Å²) in [7, 11) is 1.67. The smallest absolute Gasteiger partial charge is 0.255 e. The van der Waals surface area contributed by atoms with E-state index in [0.29, 0.717) is 18.7 Å². The van der Waals surface area contributed by atoms with Crippen LogP contribution in [-0.4, -0.2) is 47.8 Å². The molecular weight excluding hydrogens is 376 g/mol. The molecule has 0 spiro atoms. The summed E-state index contributed by atoms with van der Waals surface area (Å²) in [6.45, 7) is 7.22. The summed E-state index contributed by atoms with van der Waals surface area (Å²) in [5, 5.41) is 0. The molecule has 1 aromatic heterocycles. The number of aromatic nitrogens is 1. The van der Waals surface area contributed by atoms with E-state index >= 15 is 0 Å². The van der Waals surface area contributed by atoms with Crippen LogP contribution in [0.5, 0.6) is 5.75 Å². The number of hydrogen-bond acceptors (Lipinski definition) is 3. The van der Waals surface area contributed by atoms with Gasteiger partial charge in [-0.05, 0) is 44.5 Å². The summed E-state index contributed by atoms with van der Waals surface area (Å²) < 4.78 is 13.6. The molecule has 2 heterocycles. The van der Waals surface area contributed by atoms with E-state index in [1.54, 1.807) is 7.11 Å². The van der Waals surface area contributed by atoms with Crippen molar-refractivity contribution in [1.82, 2.24) is 9.47 Å². The Morgan fingerprint density at radius 3 is 2.30 bits per heavy atom. The minimum Gasteiger partial charge on any atom is -0.495 e. The molecule has 1 aliphatic rings. The first-order valence-corrected chi connectivity index (χ1v) is 10.4. The van der Waals surface area contributed by atoms with Gasteiger partial charge in [-0.1, -0.05) is 42.5 Å². The predicted octanol–water partition coefficient (Wildman–Crippen LogP) is 4.71. The van der Waals surface area contributed by atoms with Crippen LogP contribution in [0.3, 0.4) is 0 Å². The van der Waals surface area contributed by atoms with E-state index in [9.17, 15) is 4.79 Å². The number of hydrogen-bond donors (Lipinski definition) is 0. The molecule has 1 aliphatic heterocycles. The van der Waals surface area contributed by atoms with Crippen LogP contribution >= 0.6 is 0 Å². The molecule has 0 N–H and O–H groups in total. The van der Waals surface area contributed by atoms with E-state index < -0.39 is 0 Å². The number of para-hydroxylation sites is 2. The Morgan fingerprint density at radius 1 is 1.00 bits per heavy atom. The lowest BCUT2D eigenvalue weighted by molar-refractivity contribution is -0.0586. The Balaban J connectivity index is 1.86. The molecule has 0 bridgehead atoms. The SMILES string of the molecule is COc1ccccc1-n1c(-c2ccccc2)cc(C(=O)N2C[C@H](C)O[C@@H](C)C2)c1C. The zero-order valence-corrected chi connectivity index (χ0v) is 18.0. The molecule has 5 nitrogen and oxygen atoms in total. The summed E-state index contributed by atoms with van der Waals surface area (Å²) in [5.74, 6) is 0.807. The van der Waals surface area contributed by atoms with E-state index in [0.717, 1.165) is 28.4 Å². The second-order valence-electron chi connectivity index (χ2n) is 7.87. The van der Waals surface area contributed by atoms with Crippen molar-refractivity contribution in [3.05, 3.63) is 71.9 Å². The highest BCUT2D eigenvalue weighted by Gasteiger charge is 2.29. The number of benzene rings is 2. The molecule has 5 heteroatoms. The van der Waals surface area contributed by atoms with Gasteiger partial charge in [0.1, 0.15) is 5.75 Å². The molecular formula is C25H28N2O3. The Labute approximate surface area is 177 Å². The van der Waals surface area contributed by atoms with Gasteiger partial charge in [-0.15, -0.1) is 0 Å². The number of ether oxygens (including phenoxy) is 2. The van der Waals surface area contributed by atoms with E-state index in [-0.39, 0.29) is 18.1 Å². The Hall–Kier alpha value is -3.05. The first kappa shape index (κ1) is 20.2. The summed E-state index contributed by atoms with van der Waals surface area (Å²) in [5.41, 5.74) is 4.54. The molecule has 0 aliphatic carbocycles. The number of rotatable bonds is 4. The lowest BCUT2D eigenvalue weighted by Gasteiger charge is -2.35. The third-order valence-corrected chi connectivity index (χ3v) is 5.58. The Kier molecular flexibility index (Phi) is 5.64. The van der Waals surface area contributed by atoms with Crippen LogP contribution in [0.15, 0.2) is 60.7 Å². The number of carbonyl (C=O) groups excluding carboxylic acids is 1. The molecule has 1 amide bonds. The van der Waals surface area contributed by atoms with Crippen molar-refractivity contribution >= 4 is 5.91 Å². The molecule has 156 valence electrons.